The van der Waals surface area contributed by atoms with Gasteiger partial charge >= 0.3 is 5.97 Å². The van der Waals surface area contributed by atoms with E-state index in [2.05, 4.69) is 4.74 Å². The smallest absolute Gasteiger partial charge is 0.346 e. The number of fused-ring (bicyclic) bond motifs is 1. The second kappa shape index (κ2) is 6.81. The van der Waals surface area contributed by atoms with Crippen molar-refractivity contribution in [3.05, 3.63) is 64.3 Å². The van der Waals surface area contributed by atoms with E-state index in [0.717, 1.165) is 5.56 Å². The molecule has 0 spiro atoms. The molecule has 0 radical (unpaired) electrons. The van der Waals surface area contributed by atoms with Gasteiger partial charge in [0.1, 0.15) is 5.58 Å². The summed E-state index contributed by atoms with van der Waals surface area (Å²) in [5.74, 6) is -0.275. The first kappa shape index (κ1) is 16.8. The van der Waals surface area contributed by atoms with Crippen LogP contribution < -0.4 is 10.2 Å². The molecule has 0 saturated heterocycles. The second-order valence-corrected chi connectivity index (χ2v) is 5.74. The number of hydrogen-bond donors (Lipinski definition) is 0. The van der Waals surface area contributed by atoms with Gasteiger partial charge in [0.25, 0.3) is 0 Å². The first-order chi connectivity index (χ1) is 12.0. The molecule has 1 aromatic heterocycles. The number of benzene rings is 2. The van der Waals surface area contributed by atoms with Gasteiger partial charge in [0.2, 0.25) is 11.2 Å². The van der Waals surface area contributed by atoms with Crippen LogP contribution in [0, 0.1) is 6.92 Å². The zero-order valence-electron chi connectivity index (χ0n) is 14.2. The number of carbonyl (C=O) groups is 1. The lowest BCUT2D eigenvalue weighted by Crippen LogP contribution is -2.27. The fourth-order valence-electron chi connectivity index (χ4n) is 2.57. The van der Waals surface area contributed by atoms with Crippen molar-refractivity contribution in [1.29, 1.82) is 0 Å². The third-order valence-electron chi connectivity index (χ3n) is 3.87. The highest BCUT2D eigenvalue weighted by atomic mass is 16.6. The molecule has 25 heavy (non-hydrogen) atoms. The Morgan fingerprint density at radius 1 is 1.12 bits per heavy atom. The number of rotatable bonds is 4. The van der Waals surface area contributed by atoms with Crippen molar-refractivity contribution in [2.75, 3.05) is 7.11 Å². The third-order valence-corrected chi connectivity index (χ3v) is 3.87. The normalized spacial score (nSPS) is 12.0. The molecule has 2 aromatic carbocycles. The van der Waals surface area contributed by atoms with Gasteiger partial charge in [0.05, 0.1) is 12.5 Å². The zero-order chi connectivity index (χ0) is 18.0. The van der Waals surface area contributed by atoms with Crippen LogP contribution in [0.15, 0.2) is 57.7 Å². The largest absolute Gasteiger partial charge is 0.471 e. The van der Waals surface area contributed by atoms with Gasteiger partial charge in [0, 0.05) is 5.56 Å². The van der Waals surface area contributed by atoms with Crippen LogP contribution in [0.4, 0.5) is 0 Å². The first-order valence-corrected chi connectivity index (χ1v) is 7.88. The van der Waals surface area contributed by atoms with Crippen LogP contribution in [0.2, 0.25) is 0 Å². The van der Waals surface area contributed by atoms with Crippen LogP contribution in [0.5, 0.6) is 5.75 Å². The Hall–Kier alpha value is -3.08. The molecular formula is C20H18O5. The van der Waals surface area contributed by atoms with E-state index in [4.69, 9.17) is 9.15 Å². The summed E-state index contributed by atoms with van der Waals surface area (Å²) in [7, 11) is 1.27. The van der Waals surface area contributed by atoms with Crippen LogP contribution in [0.1, 0.15) is 12.5 Å². The molecule has 0 bridgehead atoms. The van der Waals surface area contributed by atoms with Crippen molar-refractivity contribution in [1.82, 2.24) is 0 Å². The van der Waals surface area contributed by atoms with E-state index < -0.39 is 12.1 Å². The topological polar surface area (TPSA) is 65.7 Å². The molecule has 5 nitrogen and oxygen atoms in total. The van der Waals surface area contributed by atoms with E-state index in [1.165, 1.54) is 14.0 Å². The zero-order valence-corrected chi connectivity index (χ0v) is 14.2. The summed E-state index contributed by atoms with van der Waals surface area (Å²) in [5, 5.41) is 0.409. The molecule has 0 N–H and O–H groups in total. The minimum Gasteiger partial charge on any atom is -0.471 e. The summed E-state index contributed by atoms with van der Waals surface area (Å²) in [5.41, 5.74) is 1.76. The molecule has 0 aliphatic rings. The van der Waals surface area contributed by atoms with E-state index in [1.54, 1.807) is 12.1 Å². The van der Waals surface area contributed by atoms with Crippen molar-refractivity contribution in [3.8, 4) is 17.1 Å². The molecule has 128 valence electrons. The van der Waals surface area contributed by atoms with Crippen LogP contribution in [-0.2, 0) is 9.53 Å². The van der Waals surface area contributed by atoms with Gasteiger partial charge in [-0.3, -0.25) is 4.79 Å². The Morgan fingerprint density at radius 2 is 1.84 bits per heavy atom. The van der Waals surface area contributed by atoms with E-state index in [1.807, 2.05) is 43.3 Å². The predicted octanol–water partition coefficient (Wildman–Crippen LogP) is 3.71. The molecule has 0 amide bonds. The standard InChI is InChI=1S/C20H18O5/c1-12-9-10-16-15(11-12)17(21)19(24-13(2)20(22)23-3)18(25-16)14-7-5-4-6-8-14/h4-11,13H,1-3H3. The summed E-state index contributed by atoms with van der Waals surface area (Å²) in [6, 6.07) is 14.5. The predicted molar refractivity (Wildman–Crippen MR) is 94.8 cm³/mol. The van der Waals surface area contributed by atoms with Crippen molar-refractivity contribution in [3.63, 3.8) is 0 Å². The van der Waals surface area contributed by atoms with E-state index in [0.29, 0.717) is 16.5 Å². The number of esters is 1. The number of hydrogen-bond acceptors (Lipinski definition) is 5. The molecule has 3 aromatic rings. The van der Waals surface area contributed by atoms with Gasteiger partial charge in [-0.15, -0.1) is 0 Å². The van der Waals surface area contributed by atoms with Crippen LogP contribution in [0.25, 0.3) is 22.3 Å². The van der Waals surface area contributed by atoms with Crippen molar-refractivity contribution in [2.24, 2.45) is 0 Å². The average molecular weight is 338 g/mol. The quantitative estimate of drug-likeness (QED) is 0.679. The molecule has 5 heteroatoms. The van der Waals surface area contributed by atoms with Gasteiger partial charge < -0.3 is 13.9 Å². The summed E-state index contributed by atoms with van der Waals surface area (Å²) >= 11 is 0. The van der Waals surface area contributed by atoms with Crippen molar-refractivity contribution in [2.45, 2.75) is 20.0 Å². The Morgan fingerprint density at radius 3 is 2.52 bits per heavy atom. The minimum absolute atomic E-state index is 0.00204. The molecular weight excluding hydrogens is 320 g/mol. The highest BCUT2D eigenvalue weighted by Crippen LogP contribution is 2.31. The summed E-state index contributed by atoms with van der Waals surface area (Å²) in [4.78, 5) is 24.7. The molecule has 1 unspecified atom stereocenters. The van der Waals surface area contributed by atoms with Gasteiger partial charge in [-0.25, -0.2) is 4.79 Å². The first-order valence-electron chi connectivity index (χ1n) is 7.88. The number of ether oxygens (including phenoxy) is 2. The van der Waals surface area contributed by atoms with E-state index >= 15 is 0 Å². The maximum Gasteiger partial charge on any atom is 0.346 e. The third kappa shape index (κ3) is 3.26. The Labute approximate surface area is 144 Å². The summed E-state index contributed by atoms with van der Waals surface area (Å²) in [6.07, 6.45) is -0.933. The minimum atomic E-state index is -0.933. The molecule has 0 fully saturated rings. The highest BCUT2D eigenvalue weighted by Gasteiger charge is 2.23. The van der Waals surface area contributed by atoms with Crippen molar-refractivity contribution >= 4 is 16.9 Å². The summed E-state index contributed by atoms with van der Waals surface area (Å²) < 4.78 is 16.3. The molecule has 1 heterocycles. The SMILES string of the molecule is COC(=O)C(C)Oc1c(-c2ccccc2)oc2ccc(C)cc2c1=O. The van der Waals surface area contributed by atoms with Crippen LogP contribution >= 0.6 is 0 Å². The molecule has 3 rings (SSSR count). The molecule has 1 atom stereocenters. The van der Waals surface area contributed by atoms with E-state index in [-0.39, 0.29) is 16.9 Å². The summed E-state index contributed by atoms with van der Waals surface area (Å²) in [6.45, 7) is 3.42. The molecule has 0 aliphatic carbocycles. The number of aryl methyl sites for hydroxylation is 1. The van der Waals surface area contributed by atoms with Gasteiger partial charge in [0.15, 0.2) is 11.9 Å². The second-order valence-electron chi connectivity index (χ2n) is 5.74. The number of carbonyl (C=O) groups excluding carboxylic acids is 1. The molecule has 0 saturated carbocycles. The Kier molecular flexibility index (Phi) is 4.57. The van der Waals surface area contributed by atoms with Crippen molar-refractivity contribution < 1.29 is 18.7 Å². The Balaban J connectivity index is 2.25. The van der Waals surface area contributed by atoms with Gasteiger partial charge in [-0.1, -0.05) is 42.0 Å². The average Bonchev–Trinajstić information content (AvgIpc) is 2.64. The monoisotopic (exact) mass is 338 g/mol. The van der Waals surface area contributed by atoms with Crippen LogP contribution in [-0.4, -0.2) is 19.2 Å². The lowest BCUT2D eigenvalue weighted by atomic mass is 10.1. The lowest BCUT2D eigenvalue weighted by Gasteiger charge is -2.15. The Bertz CT molecular complexity index is 973. The van der Waals surface area contributed by atoms with Gasteiger partial charge in [-0.2, -0.15) is 0 Å². The maximum absolute atomic E-state index is 13.0. The van der Waals surface area contributed by atoms with Crippen LogP contribution in [0.3, 0.4) is 0 Å². The molecule has 0 aliphatic heterocycles. The number of methoxy groups -OCH3 is 1. The fourth-order valence-corrected chi connectivity index (χ4v) is 2.57. The maximum atomic E-state index is 13.0. The fraction of sp³-hybridized carbons (Fsp3) is 0.200. The highest BCUT2D eigenvalue weighted by molar-refractivity contribution is 5.83. The van der Waals surface area contributed by atoms with E-state index in [9.17, 15) is 9.59 Å². The van der Waals surface area contributed by atoms with Gasteiger partial charge in [-0.05, 0) is 26.0 Å². The lowest BCUT2D eigenvalue weighted by molar-refractivity contribution is -0.147.